The molecule has 2 aromatic carbocycles. The second kappa shape index (κ2) is 7.64. The fraction of sp³-hybridized carbons (Fsp3) is 0.222. The van der Waals surface area contributed by atoms with E-state index < -0.39 is 0 Å². The Balaban J connectivity index is 1.79. The van der Waals surface area contributed by atoms with Gasteiger partial charge in [0.1, 0.15) is 6.33 Å². The largest absolute Gasteiger partial charge is 0.493 e. The monoisotopic (exact) mass is 353 g/mol. The van der Waals surface area contributed by atoms with Gasteiger partial charge < -0.3 is 14.8 Å². The van der Waals surface area contributed by atoms with Crippen LogP contribution < -0.4 is 14.8 Å². The molecule has 0 spiro atoms. The van der Waals surface area contributed by atoms with Gasteiger partial charge in [0.2, 0.25) is 0 Å². The van der Waals surface area contributed by atoms with E-state index in [-0.39, 0.29) is 5.91 Å². The molecule has 26 heavy (non-hydrogen) atoms. The highest BCUT2D eigenvalue weighted by Gasteiger charge is 2.12. The smallest absolute Gasteiger partial charge is 0.255 e. The Morgan fingerprint density at radius 3 is 2.69 bits per heavy atom. The van der Waals surface area contributed by atoms with E-state index in [9.17, 15) is 4.79 Å². The number of nitrogens with zero attached hydrogens (tertiary/aromatic N) is 4. The average molecular weight is 353 g/mol. The first kappa shape index (κ1) is 17.4. The molecular weight excluding hydrogens is 334 g/mol. The number of benzene rings is 2. The SMILES string of the molecule is CCOc1ccc(C(=O)Nc2ccc(-n3cnnn3)c(C)c2)cc1OC. The lowest BCUT2D eigenvalue weighted by Gasteiger charge is -2.12. The van der Waals surface area contributed by atoms with Crippen LogP contribution >= 0.6 is 0 Å². The summed E-state index contributed by atoms with van der Waals surface area (Å²) in [4.78, 5) is 12.5. The van der Waals surface area contributed by atoms with E-state index in [4.69, 9.17) is 9.47 Å². The van der Waals surface area contributed by atoms with Gasteiger partial charge in [0.25, 0.3) is 5.91 Å². The molecule has 1 heterocycles. The minimum atomic E-state index is -0.235. The molecule has 8 heteroatoms. The van der Waals surface area contributed by atoms with Gasteiger partial charge in [0.15, 0.2) is 11.5 Å². The van der Waals surface area contributed by atoms with Crippen LogP contribution in [0.2, 0.25) is 0 Å². The molecule has 3 rings (SSSR count). The number of hydrogen-bond donors (Lipinski definition) is 1. The number of carbonyl (C=O) groups excluding carboxylic acids is 1. The van der Waals surface area contributed by atoms with Crippen molar-refractivity contribution < 1.29 is 14.3 Å². The first-order valence-corrected chi connectivity index (χ1v) is 8.08. The van der Waals surface area contributed by atoms with Crippen LogP contribution in [0.15, 0.2) is 42.7 Å². The van der Waals surface area contributed by atoms with Crippen molar-refractivity contribution >= 4 is 11.6 Å². The van der Waals surface area contributed by atoms with Gasteiger partial charge in [0.05, 0.1) is 19.4 Å². The number of ether oxygens (including phenoxy) is 2. The third kappa shape index (κ3) is 3.64. The molecule has 0 atom stereocenters. The Hall–Kier alpha value is -3.42. The number of carbonyl (C=O) groups is 1. The Morgan fingerprint density at radius 1 is 1.19 bits per heavy atom. The Morgan fingerprint density at radius 2 is 2.04 bits per heavy atom. The van der Waals surface area contributed by atoms with Gasteiger partial charge in [-0.15, -0.1) is 5.10 Å². The predicted molar refractivity (Wildman–Crippen MR) is 96.0 cm³/mol. The first-order valence-electron chi connectivity index (χ1n) is 8.08. The third-order valence-corrected chi connectivity index (χ3v) is 3.78. The number of hydrogen-bond acceptors (Lipinski definition) is 6. The van der Waals surface area contributed by atoms with Gasteiger partial charge >= 0.3 is 0 Å². The van der Waals surface area contributed by atoms with E-state index in [1.54, 1.807) is 36.1 Å². The number of aryl methyl sites for hydroxylation is 1. The Labute approximate surface area is 150 Å². The molecule has 0 fully saturated rings. The number of tetrazole rings is 1. The highest BCUT2D eigenvalue weighted by atomic mass is 16.5. The van der Waals surface area contributed by atoms with E-state index in [1.165, 1.54) is 6.33 Å². The van der Waals surface area contributed by atoms with Crippen molar-refractivity contribution in [3.05, 3.63) is 53.9 Å². The molecule has 134 valence electrons. The standard InChI is InChI=1S/C18H19N5O3/c1-4-26-16-8-5-13(10-17(16)25-3)18(24)20-14-6-7-15(12(2)9-14)23-11-19-21-22-23/h5-11H,4H2,1-3H3,(H,20,24). The highest BCUT2D eigenvalue weighted by molar-refractivity contribution is 6.04. The average Bonchev–Trinajstić information content (AvgIpc) is 3.16. The summed E-state index contributed by atoms with van der Waals surface area (Å²) in [6, 6.07) is 10.6. The van der Waals surface area contributed by atoms with Gasteiger partial charge in [-0.25, -0.2) is 4.68 Å². The second-order valence-corrected chi connectivity index (χ2v) is 5.51. The van der Waals surface area contributed by atoms with Crippen molar-refractivity contribution in [1.82, 2.24) is 20.2 Å². The fourth-order valence-corrected chi connectivity index (χ4v) is 2.55. The molecule has 0 aliphatic heterocycles. The minimum Gasteiger partial charge on any atom is -0.493 e. The maximum atomic E-state index is 12.5. The maximum Gasteiger partial charge on any atom is 0.255 e. The Bertz CT molecular complexity index is 909. The zero-order valence-electron chi connectivity index (χ0n) is 14.8. The van der Waals surface area contributed by atoms with E-state index in [1.807, 2.05) is 26.0 Å². The maximum absolute atomic E-state index is 12.5. The number of aromatic nitrogens is 4. The van der Waals surface area contributed by atoms with Gasteiger partial charge in [-0.3, -0.25) is 4.79 Å². The Kier molecular flexibility index (Phi) is 5.12. The van der Waals surface area contributed by atoms with Gasteiger partial charge in [-0.05, 0) is 66.2 Å². The van der Waals surface area contributed by atoms with Gasteiger partial charge in [-0.1, -0.05) is 0 Å². The van der Waals surface area contributed by atoms with Crippen molar-refractivity contribution in [1.29, 1.82) is 0 Å². The molecule has 0 saturated heterocycles. The van der Waals surface area contributed by atoms with Crippen molar-refractivity contribution in [2.45, 2.75) is 13.8 Å². The predicted octanol–water partition coefficient (Wildman–Crippen LogP) is 2.63. The van der Waals surface area contributed by atoms with Crippen LogP contribution in [0.4, 0.5) is 5.69 Å². The molecule has 0 saturated carbocycles. The molecule has 1 N–H and O–H groups in total. The van der Waals surface area contributed by atoms with Crippen LogP contribution in [0.5, 0.6) is 11.5 Å². The molecule has 1 amide bonds. The van der Waals surface area contributed by atoms with Crippen molar-refractivity contribution in [3.8, 4) is 17.2 Å². The number of methoxy groups -OCH3 is 1. The van der Waals surface area contributed by atoms with Crippen LogP contribution in [0.1, 0.15) is 22.8 Å². The summed E-state index contributed by atoms with van der Waals surface area (Å²) in [7, 11) is 1.54. The van der Waals surface area contributed by atoms with Crippen LogP contribution in [0, 0.1) is 6.92 Å². The molecule has 0 unspecified atom stereocenters. The number of anilines is 1. The summed E-state index contributed by atoms with van der Waals surface area (Å²) < 4.78 is 12.3. The molecule has 8 nitrogen and oxygen atoms in total. The molecule has 0 aliphatic carbocycles. The van der Waals surface area contributed by atoms with Crippen molar-refractivity contribution in [2.75, 3.05) is 19.0 Å². The van der Waals surface area contributed by atoms with E-state index >= 15 is 0 Å². The summed E-state index contributed by atoms with van der Waals surface area (Å²) in [6.45, 7) is 4.34. The van der Waals surface area contributed by atoms with Crippen LogP contribution in [0.25, 0.3) is 5.69 Å². The third-order valence-electron chi connectivity index (χ3n) is 3.78. The van der Waals surface area contributed by atoms with E-state index in [0.717, 1.165) is 11.3 Å². The van der Waals surface area contributed by atoms with Crippen LogP contribution in [-0.4, -0.2) is 39.8 Å². The minimum absolute atomic E-state index is 0.235. The highest BCUT2D eigenvalue weighted by Crippen LogP contribution is 2.28. The lowest BCUT2D eigenvalue weighted by molar-refractivity contribution is 0.102. The molecule has 1 aromatic heterocycles. The summed E-state index contributed by atoms with van der Waals surface area (Å²) in [5.74, 6) is 0.888. The van der Waals surface area contributed by atoms with E-state index in [2.05, 4.69) is 20.8 Å². The quantitative estimate of drug-likeness (QED) is 0.732. The van der Waals surface area contributed by atoms with E-state index in [0.29, 0.717) is 29.4 Å². The zero-order chi connectivity index (χ0) is 18.5. The lowest BCUT2D eigenvalue weighted by Crippen LogP contribution is -2.12. The molecule has 0 bridgehead atoms. The summed E-state index contributed by atoms with van der Waals surface area (Å²) >= 11 is 0. The van der Waals surface area contributed by atoms with Gasteiger partial charge in [0, 0.05) is 11.3 Å². The van der Waals surface area contributed by atoms with Gasteiger partial charge in [-0.2, -0.15) is 0 Å². The van der Waals surface area contributed by atoms with Crippen molar-refractivity contribution in [3.63, 3.8) is 0 Å². The van der Waals surface area contributed by atoms with Crippen LogP contribution in [0.3, 0.4) is 0 Å². The summed E-state index contributed by atoms with van der Waals surface area (Å²) in [6.07, 6.45) is 1.52. The first-order chi connectivity index (χ1) is 12.6. The molecule has 0 aliphatic rings. The second-order valence-electron chi connectivity index (χ2n) is 5.51. The summed E-state index contributed by atoms with van der Waals surface area (Å²) in [5, 5.41) is 14.0. The number of amides is 1. The zero-order valence-corrected chi connectivity index (χ0v) is 14.8. The van der Waals surface area contributed by atoms with Crippen molar-refractivity contribution in [2.24, 2.45) is 0 Å². The number of nitrogens with one attached hydrogen (secondary N) is 1. The lowest BCUT2D eigenvalue weighted by atomic mass is 10.1. The topological polar surface area (TPSA) is 91.2 Å². The molecular formula is C18H19N5O3. The molecule has 0 radical (unpaired) electrons. The fourth-order valence-electron chi connectivity index (χ4n) is 2.55. The normalized spacial score (nSPS) is 10.4. The summed E-state index contributed by atoms with van der Waals surface area (Å²) in [5.41, 5.74) is 2.93. The molecule has 3 aromatic rings. The number of rotatable bonds is 6. The van der Waals surface area contributed by atoms with Crippen LogP contribution in [-0.2, 0) is 0 Å².